The van der Waals surface area contributed by atoms with Gasteiger partial charge in [0.05, 0.1) is 0 Å². The maximum atomic E-state index is 5.78. The van der Waals surface area contributed by atoms with Crippen LogP contribution in [0.1, 0.15) is 26.7 Å². The Morgan fingerprint density at radius 2 is 1.94 bits per heavy atom. The number of nitrogen functional groups attached to an aromatic ring is 1. The van der Waals surface area contributed by atoms with Gasteiger partial charge in [0.15, 0.2) is 0 Å². The van der Waals surface area contributed by atoms with Crippen molar-refractivity contribution in [1.82, 2.24) is 4.57 Å². The van der Waals surface area contributed by atoms with E-state index in [1.165, 1.54) is 23.7 Å². The summed E-state index contributed by atoms with van der Waals surface area (Å²) in [6.45, 7) is 5.64. The molecule has 1 aromatic heterocycles. The highest BCUT2D eigenvalue weighted by atomic mass is 15.0. The molecule has 2 heteroatoms. The molecule has 0 saturated heterocycles. The van der Waals surface area contributed by atoms with E-state index in [9.17, 15) is 0 Å². The number of rotatable bonds is 4. The number of hydrogen-bond donors (Lipinski definition) is 1. The fraction of sp³-hybridized carbons (Fsp3) is 0.429. The molecule has 0 aliphatic carbocycles. The molecule has 0 spiro atoms. The van der Waals surface area contributed by atoms with Crippen LogP contribution in [-0.4, -0.2) is 4.57 Å². The summed E-state index contributed by atoms with van der Waals surface area (Å²) in [6.07, 6.45) is 4.65. The molecule has 2 aromatic rings. The third kappa shape index (κ3) is 2.06. The maximum absolute atomic E-state index is 5.78. The first-order chi connectivity index (χ1) is 7.74. The Bertz CT molecular complexity index is 467. The van der Waals surface area contributed by atoms with Crippen molar-refractivity contribution >= 4 is 16.6 Å². The lowest BCUT2D eigenvalue weighted by atomic mass is 10.0. The second kappa shape index (κ2) is 4.60. The number of nitrogens with two attached hydrogens (primary N) is 1. The average molecular weight is 216 g/mol. The summed E-state index contributed by atoms with van der Waals surface area (Å²) in [5.74, 6) is 0.771. The predicted molar refractivity (Wildman–Crippen MR) is 70.4 cm³/mol. The summed E-state index contributed by atoms with van der Waals surface area (Å²) in [6, 6.07) is 8.28. The Morgan fingerprint density at radius 1 is 1.19 bits per heavy atom. The number of anilines is 1. The normalized spacial score (nSPS) is 11.4. The Kier molecular flexibility index (Phi) is 3.18. The van der Waals surface area contributed by atoms with E-state index in [0.29, 0.717) is 0 Å². The van der Waals surface area contributed by atoms with Crippen molar-refractivity contribution < 1.29 is 0 Å². The summed E-state index contributed by atoms with van der Waals surface area (Å²) in [5, 5.41) is 1.24. The van der Waals surface area contributed by atoms with Crippen molar-refractivity contribution in [2.24, 2.45) is 5.92 Å². The summed E-state index contributed by atoms with van der Waals surface area (Å²) < 4.78 is 2.34. The molecule has 2 rings (SSSR count). The standard InChI is InChI=1S/C14H20N2/c1-3-11(4-2)10-16-8-7-12-9-13(15)5-6-14(12)16/h5-9,11H,3-4,10,15H2,1-2H3. The van der Waals surface area contributed by atoms with Gasteiger partial charge in [-0.3, -0.25) is 0 Å². The van der Waals surface area contributed by atoms with Gasteiger partial charge in [0.25, 0.3) is 0 Å². The van der Waals surface area contributed by atoms with Crippen LogP contribution in [0.5, 0.6) is 0 Å². The summed E-state index contributed by atoms with van der Waals surface area (Å²) in [4.78, 5) is 0. The quantitative estimate of drug-likeness (QED) is 0.777. The van der Waals surface area contributed by atoms with Crippen molar-refractivity contribution in [2.45, 2.75) is 33.2 Å². The number of nitrogens with zero attached hydrogens (tertiary/aromatic N) is 1. The lowest BCUT2D eigenvalue weighted by Gasteiger charge is -2.14. The van der Waals surface area contributed by atoms with Crippen molar-refractivity contribution in [3.8, 4) is 0 Å². The third-order valence-corrected chi connectivity index (χ3v) is 3.40. The second-order valence-electron chi connectivity index (χ2n) is 4.47. The minimum atomic E-state index is 0.771. The van der Waals surface area contributed by atoms with Gasteiger partial charge in [0.1, 0.15) is 0 Å². The van der Waals surface area contributed by atoms with E-state index in [-0.39, 0.29) is 0 Å². The van der Waals surface area contributed by atoms with Crippen LogP contribution in [-0.2, 0) is 6.54 Å². The van der Waals surface area contributed by atoms with Gasteiger partial charge in [-0.05, 0) is 30.2 Å². The monoisotopic (exact) mass is 216 g/mol. The lowest BCUT2D eigenvalue weighted by molar-refractivity contribution is 0.425. The van der Waals surface area contributed by atoms with Gasteiger partial charge < -0.3 is 10.3 Å². The Morgan fingerprint density at radius 3 is 2.62 bits per heavy atom. The zero-order valence-electron chi connectivity index (χ0n) is 10.1. The van der Waals surface area contributed by atoms with Crippen molar-refractivity contribution in [3.05, 3.63) is 30.5 Å². The first-order valence-corrected chi connectivity index (χ1v) is 6.09. The molecule has 0 atom stereocenters. The van der Waals surface area contributed by atoms with Gasteiger partial charge >= 0.3 is 0 Å². The number of benzene rings is 1. The zero-order chi connectivity index (χ0) is 11.5. The molecule has 0 bridgehead atoms. The van der Waals surface area contributed by atoms with Crippen molar-refractivity contribution in [2.75, 3.05) is 5.73 Å². The molecule has 0 aliphatic rings. The number of hydrogen-bond acceptors (Lipinski definition) is 1. The molecule has 0 amide bonds. The molecule has 0 aliphatic heterocycles. The fourth-order valence-electron chi connectivity index (χ4n) is 2.20. The topological polar surface area (TPSA) is 30.9 Å². The van der Waals surface area contributed by atoms with Crippen LogP contribution in [0, 0.1) is 5.92 Å². The molecule has 86 valence electrons. The van der Waals surface area contributed by atoms with E-state index in [1.807, 2.05) is 12.1 Å². The van der Waals surface area contributed by atoms with Gasteiger partial charge in [-0.1, -0.05) is 26.7 Å². The van der Waals surface area contributed by atoms with Gasteiger partial charge in [-0.2, -0.15) is 0 Å². The number of aromatic nitrogens is 1. The van der Waals surface area contributed by atoms with Gasteiger partial charge in [-0.25, -0.2) is 0 Å². The summed E-state index contributed by atoms with van der Waals surface area (Å²) in [5.41, 5.74) is 7.91. The molecule has 0 unspecified atom stereocenters. The molecule has 1 aromatic carbocycles. The minimum Gasteiger partial charge on any atom is -0.399 e. The largest absolute Gasteiger partial charge is 0.399 e. The maximum Gasteiger partial charge on any atom is 0.0481 e. The van der Waals surface area contributed by atoms with E-state index in [4.69, 9.17) is 5.73 Å². The number of fused-ring (bicyclic) bond motifs is 1. The van der Waals surface area contributed by atoms with Crippen LogP contribution < -0.4 is 5.73 Å². The second-order valence-corrected chi connectivity index (χ2v) is 4.47. The van der Waals surface area contributed by atoms with E-state index in [0.717, 1.165) is 18.2 Å². The molecule has 0 radical (unpaired) electrons. The van der Waals surface area contributed by atoms with E-state index in [1.54, 1.807) is 0 Å². The van der Waals surface area contributed by atoms with Crippen LogP contribution in [0.3, 0.4) is 0 Å². The van der Waals surface area contributed by atoms with Gasteiger partial charge in [0, 0.05) is 29.3 Å². The van der Waals surface area contributed by atoms with Crippen molar-refractivity contribution in [3.63, 3.8) is 0 Å². The van der Waals surface area contributed by atoms with E-state index in [2.05, 4.69) is 36.7 Å². The highest BCUT2D eigenvalue weighted by Crippen LogP contribution is 2.21. The highest BCUT2D eigenvalue weighted by Gasteiger charge is 2.07. The Hall–Kier alpha value is -1.44. The van der Waals surface area contributed by atoms with Gasteiger partial charge in [-0.15, -0.1) is 0 Å². The Balaban J connectivity index is 2.31. The van der Waals surface area contributed by atoms with E-state index < -0.39 is 0 Å². The highest BCUT2D eigenvalue weighted by molar-refractivity contribution is 5.83. The average Bonchev–Trinajstić information content (AvgIpc) is 2.68. The fourth-order valence-corrected chi connectivity index (χ4v) is 2.20. The van der Waals surface area contributed by atoms with Crippen molar-refractivity contribution in [1.29, 1.82) is 0 Å². The zero-order valence-corrected chi connectivity index (χ0v) is 10.1. The molecular formula is C14H20N2. The molecule has 0 fully saturated rings. The molecule has 2 nitrogen and oxygen atoms in total. The SMILES string of the molecule is CCC(CC)Cn1ccc2cc(N)ccc21. The predicted octanol–water partition coefficient (Wildman–Crippen LogP) is 3.66. The van der Waals surface area contributed by atoms with Crippen LogP contribution in [0.2, 0.25) is 0 Å². The molecular weight excluding hydrogens is 196 g/mol. The van der Waals surface area contributed by atoms with Crippen LogP contribution in [0.25, 0.3) is 10.9 Å². The Labute approximate surface area is 97.1 Å². The first kappa shape index (κ1) is 11.1. The summed E-state index contributed by atoms with van der Waals surface area (Å²) in [7, 11) is 0. The molecule has 16 heavy (non-hydrogen) atoms. The molecule has 1 heterocycles. The lowest BCUT2D eigenvalue weighted by Crippen LogP contribution is -2.07. The summed E-state index contributed by atoms with van der Waals surface area (Å²) >= 11 is 0. The first-order valence-electron chi connectivity index (χ1n) is 6.09. The molecule has 0 saturated carbocycles. The van der Waals surface area contributed by atoms with Crippen LogP contribution in [0.15, 0.2) is 30.5 Å². The van der Waals surface area contributed by atoms with E-state index >= 15 is 0 Å². The smallest absolute Gasteiger partial charge is 0.0481 e. The third-order valence-electron chi connectivity index (χ3n) is 3.40. The van der Waals surface area contributed by atoms with Crippen LogP contribution >= 0.6 is 0 Å². The van der Waals surface area contributed by atoms with Gasteiger partial charge in [0.2, 0.25) is 0 Å². The van der Waals surface area contributed by atoms with Crippen LogP contribution in [0.4, 0.5) is 5.69 Å². The molecule has 2 N–H and O–H groups in total. The minimum absolute atomic E-state index is 0.771.